The van der Waals surface area contributed by atoms with Crippen LogP contribution in [0.4, 0.5) is 5.69 Å². The molecule has 0 aromatic heterocycles. The molecule has 7 nitrogen and oxygen atoms in total. The van der Waals surface area contributed by atoms with Crippen molar-refractivity contribution >= 4 is 35.0 Å². The van der Waals surface area contributed by atoms with Gasteiger partial charge in [-0.2, -0.15) is 0 Å². The molecule has 2 heterocycles. The summed E-state index contributed by atoms with van der Waals surface area (Å²) in [5.74, 6) is 0.481. The Labute approximate surface area is 186 Å². The Kier molecular flexibility index (Phi) is 6.42. The van der Waals surface area contributed by atoms with Crippen molar-refractivity contribution in [2.45, 2.75) is 12.8 Å². The highest BCUT2D eigenvalue weighted by Gasteiger charge is 2.27. The van der Waals surface area contributed by atoms with Gasteiger partial charge in [0, 0.05) is 49.6 Å². The zero-order valence-corrected chi connectivity index (χ0v) is 17.9. The standard InChI is InChI=1S/C23H24ClN3O4/c24-18-7-5-17(6-8-18)23(30)26-13-11-25(12-14-26)21(28)9-10-22(29)27-15-16-31-20-4-2-1-3-19(20)27/h1-8H,9-16H2. The molecule has 0 atom stereocenters. The average molecular weight is 442 g/mol. The molecule has 2 aliphatic heterocycles. The Morgan fingerprint density at radius 1 is 0.806 bits per heavy atom. The van der Waals surface area contributed by atoms with E-state index in [2.05, 4.69) is 0 Å². The molecule has 0 bridgehead atoms. The van der Waals surface area contributed by atoms with Crippen molar-refractivity contribution in [3.63, 3.8) is 0 Å². The number of carbonyl (C=O) groups excluding carboxylic acids is 3. The lowest BCUT2D eigenvalue weighted by Gasteiger charge is -2.35. The minimum Gasteiger partial charge on any atom is -0.490 e. The predicted octanol–water partition coefficient (Wildman–Crippen LogP) is 2.83. The van der Waals surface area contributed by atoms with E-state index in [9.17, 15) is 14.4 Å². The van der Waals surface area contributed by atoms with Crippen molar-refractivity contribution in [2.75, 3.05) is 44.2 Å². The van der Waals surface area contributed by atoms with Gasteiger partial charge < -0.3 is 19.4 Å². The van der Waals surface area contributed by atoms with E-state index in [1.165, 1.54) is 0 Å². The summed E-state index contributed by atoms with van der Waals surface area (Å²) in [5.41, 5.74) is 1.33. The first-order valence-corrected chi connectivity index (χ1v) is 10.8. The van der Waals surface area contributed by atoms with E-state index in [4.69, 9.17) is 16.3 Å². The number of hydrogen-bond donors (Lipinski definition) is 0. The third kappa shape index (κ3) is 4.82. The summed E-state index contributed by atoms with van der Waals surface area (Å²) in [6, 6.07) is 14.2. The van der Waals surface area contributed by atoms with E-state index in [-0.39, 0.29) is 30.6 Å². The van der Waals surface area contributed by atoms with Gasteiger partial charge in [0.25, 0.3) is 5.91 Å². The Morgan fingerprint density at radius 3 is 2.19 bits per heavy atom. The molecular formula is C23H24ClN3O4. The first-order chi connectivity index (χ1) is 15.0. The molecule has 8 heteroatoms. The lowest BCUT2D eigenvalue weighted by atomic mass is 10.1. The van der Waals surface area contributed by atoms with Gasteiger partial charge in [-0.15, -0.1) is 0 Å². The average Bonchev–Trinajstić information content (AvgIpc) is 2.82. The van der Waals surface area contributed by atoms with Crippen LogP contribution in [0.2, 0.25) is 5.02 Å². The molecule has 0 spiro atoms. The number of hydrogen-bond acceptors (Lipinski definition) is 4. The summed E-state index contributed by atoms with van der Waals surface area (Å²) in [6.45, 7) is 2.80. The molecule has 2 aliphatic rings. The lowest BCUT2D eigenvalue weighted by Crippen LogP contribution is -2.50. The van der Waals surface area contributed by atoms with Gasteiger partial charge in [-0.3, -0.25) is 14.4 Å². The van der Waals surface area contributed by atoms with E-state index in [0.29, 0.717) is 55.7 Å². The molecule has 4 rings (SSSR count). The molecule has 0 aliphatic carbocycles. The van der Waals surface area contributed by atoms with E-state index in [0.717, 1.165) is 5.69 Å². The summed E-state index contributed by atoms with van der Waals surface area (Å²) in [5, 5.41) is 0.585. The maximum absolute atomic E-state index is 12.7. The van der Waals surface area contributed by atoms with Gasteiger partial charge in [0.2, 0.25) is 11.8 Å². The summed E-state index contributed by atoms with van der Waals surface area (Å²) >= 11 is 5.88. The van der Waals surface area contributed by atoms with Gasteiger partial charge in [0.05, 0.1) is 12.2 Å². The Bertz CT molecular complexity index is 971. The van der Waals surface area contributed by atoms with Crippen molar-refractivity contribution in [3.8, 4) is 5.75 Å². The minimum atomic E-state index is -0.0827. The molecular weight excluding hydrogens is 418 g/mol. The van der Waals surface area contributed by atoms with Crippen LogP contribution in [0, 0.1) is 0 Å². The smallest absolute Gasteiger partial charge is 0.253 e. The third-order valence-corrected chi connectivity index (χ3v) is 5.85. The first-order valence-electron chi connectivity index (χ1n) is 10.4. The first kappa shape index (κ1) is 21.2. The van der Waals surface area contributed by atoms with E-state index in [1.807, 2.05) is 24.3 Å². The number of carbonyl (C=O) groups is 3. The second kappa shape index (κ2) is 9.39. The van der Waals surface area contributed by atoms with E-state index in [1.54, 1.807) is 39.0 Å². The van der Waals surface area contributed by atoms with Crippen LogP contribution in [0.15, 0.2) is 48.5 Å². The second-order valence-corrected chi connectivity index (χ2v) is 7.98. The number of rotatable bonds is 4. The quantitative estimate of drug-likeness (QED) is 0.731. The van der Waals surface area contributed by atoms with Gasteiger partial charge in [-0.25, -0.2) is 0 Å². The Balaban J connectivity index is 1.26. The number of fused-ring (bicyclic) bond motifs is 1. The van der Waals surface area contributed by atoms with Crippen molar-refractivity contribution in [3.05, 3.63) is 59.1 Å². The van der Waals surface area contributed by atoms with Crippen LogP contribution in [-0.4, -0.2) is 66.9 Å². The highest BCUT2D eigenvalue weighted by atomic mass is 35.5. The van der Waals surface area contributed by atoms with Crippen LogP contribution in [0.5, 0.6) is 5.75 Å². The van der Waals surface area contributed by atoms with E-state index < -0.39 is 0 Å². The summed E-state index contributed by atoms with van der Waals surface area (Å²) in [4.78, 5) is 43.1. The van der Waals surface area contributed by atoms with Crippen molar-refractivity contribution in [1.29, 1.82) is 0 Å². The second-order valence-electron chi connectivity index (χ2n) is 7.54. The molecule has 162 valence electrons. The van der Waals surface area contributed by atoms with Crippen LogP contribution in [0.3, 0.4) is 0 Å². The van der Waals surface area contributed by atoms with Crippen LogP contribution < -0.4 is 9.64 Å². The lowest BCUT2D eigenvalue weighted by molar-refractivity contribution is -0.134. The van der Waals surface area contributed by atoms with Crippen LogP contribution >= 0.6 is 11.6 Å². The van der Waals surface area contributed by atoms with Crippen molar-refractivity contribution in [1.82, 2.24) is 9.80 Å². The van der Waals surface area contributed by atoms with Gasteiger partial charge in [-0.1, -0.05) is 23.7 Å². The topological polar surface area (TPSA) is 70.2 Å². The number of anilines is 1. The number of nitrogens with zero attached hydrogens (tertiary/aromatic N) is 3. The maximum Gasteiger partial charge on any atom is 0.253 e. The largest absolute Gasteiger partial charge is 0.490 e. The molecule has 1 saturated heterocycles. The van der Waals surface area contributed by atoms with E-state index >= 15 is 0 Å². The maximum atomic E-state index is 12.7. The highest BCUT2D eigenvalue weighted by Crippen LogP contribution is 2.31. The van der Waals surface area contributed by atoms with Crippen molar-refractivity contribution in [2.24, 2.45) is 0 Å². The molecule has 0 unspecified atom stereocenters. The van der Waals surface area contributed by atoms with Gasteiger partial charge >= 0.3 is 0 Å². The fourth-order valence-corrected chi connectivity index (χ4v) is 4.00. The fourth-order valence-electron chi connectivity index (χ4n) is 3.87. The molecule has 0 N–H and O–H groups in total. The summed E-state index contributed by atoms with van der Waals surface area (Å²) in [6.07, 6.45) is 0.306. The summed E-state index contributed by atoms with van der Waals surface area (Å²) < 4.78 is 5.58. The zero-order chi connectivity index (χ0) is 21.8. The van der Waals surface area contributed by atoms with Crippen molar-refractivity contribution < 1.29 is 19.1 Å². The number of amides is 3. The van der Waals surface area contributed by atoms with Crippen LogP contribution in [0.1, 0.15) is 23.2 Å². The molecule has 2 aromatic rings. The van der Waals surface area contributed by atoms with Gasteiger partial charge in [0.1, 0.15) is 12.4 Å². The van der Waals surface area contributed by atoms with Gasteiger partial charge in [0.15, 0.2) is 0 Å². The minimum absolute atomic E-state index is 0.0616. The summed E-state index contributed by atoms with van der Waals surface area (Å²) in [7, 11) is 0. The number of para-hydroxylation sites is 2. The molecule has 2 aromatic carbocycles. The van der Waals surface area contributed by atoms with Gasteiger partial charge in [-0.05, 0) is 36.4 Å². The number of piperazine rings is 1. The molecule has 0 radical (unpaired) electrons. The third-order valence-electron chi connectivity index (χ3n) is 5.59. The normalized spacial score (nSPS) is 15.8. The number of benzene rings is 2. The number of ether oxygens (including phenoxy) is 1. The Hall–Kier alpha value is -3.06. The SMILES string of the molecule is O=C(CCC(=O)N1CCOc2ccccc21)N1CCN(C(=O)c2ccc(Cl)cc2)CC1. The molecule has 1 fully saturated rings. The fraction of sp³-hybridized carbons (Fsp3) is 0.348. The zero-order valence-electron chi connectivity index (χ0n) is 17.1. The van der Waals surface area contributed by atoms with Crippen LogP contribution in [-0.2, 0) is 9.59 Å². The molecule has 0 saturated carbocycles. The monoisotopic (exact) mass is 441 g/mol. The predicted molar refractivity (Wildman–Crippen MR) is 117 cm³/mol. The Morgan fingerprint density at radius 2 is 1.45 bits per heavy atom. The van der Waals surface area contributed by atoms with Crippen LogP contribution in [0.25, 0.3) is 0 Å². The highest BCUT2D eigenvalue weighted by molar-refractivity contribution is 6.30. The molecule has 3 amide bonds. The molecule has 31 heavy (non-hydrogen) atoms. The number of halogens is 1.